The summed E-state index contributed by atoms with van der Waals surface area (Å²) in [5.41, 5.74) is -2.27. The van der Waals surface area contributed by atoms with Gasteiger partial charge in [-0.2, -0.15) is 0 Å². The number of benzene rings is 6. The Morgan fingerprint density at radius 3 is 1.24 bits per heavy atom. The van der Waals surface area contributed by atoms with Crippen molar-refractivity contribution >= 4 is 71.6 Å². The van der Waals surface area contributed by atoms with E-state index in [1.54, 1.807) is 149 Å². The molecule has 0 aliphatic carbocycles. The van der Waals surface area contributed by atoms with Crippen LogP contribution in [-0.2, 0) is 84.5 Å². The third-order valence-corrected chi connectivity index (χ3v) is 22.9. The number of rotatable bonds is 27. The van der Waals surface area contributed by atoms with Gasteiger partial charge in [0, 0.05) is 89.1 Å². The maximum atomic E-state index is 14.7. The number of carbonyl (C=O) groups excluding carboxylic acids is 12. The highest BCUT2D eigenvalue weighted by molar-refractivity contribution is 5.97. The largest absolute Gasteiger partial charge is 0.497 e. The van der Waals surface area contributed by atoms with Crippen molar-refractivity contribution in [2.45, 2.75) is 123 Å². The van der Waals surface area contributed by atoms with E-state index in [9.17, 15) is 61.9 Å². The number of hydrogen-bond donors (Lipinski definition) is 0. The molecule has 0 N–H and O–H groups in total. The van der Waals surface area contributed by atoms with Crippen molar-refractivity contribution in [3.05, 3.63) is 280 Å². The molecule has 0 radical (unpaired) electrons. The van der Waals surface area contributed by atoms with Gasteiger partial charge in [0.1, 0.15) is 57.7 Å². The van der Waals surface area contributed by atoms with Crippen LogP contribution in [0, 0.1) is 21.7 Å². The van der Waals surface area contributed by atoms with Gasteiger partial charge in [0.2, 0.25) is 11.6 Å². The topological polar surface area (TPSA) is 317 Å². The average Bonchev–Trinajstić information content (AvgIpc) is 1.17. The van der Waals surface area contributed by atoms with Crippen LogP contribution in [0.1, 0.15) is 141 Å². The summed E-state index contributed by atoms with van der Waals surface area (Å²) in [5.74, 6) is -1.74. The monoisotopic (exact) mass is 1820 g/mol. The molecule has 6 fully saturated rings. The van der Waals surface area contributed by atoms with Crippen molar-refractivity contribution in [2.75, 3.05) is 132 Å². The van der Waals surface area contributed by atoms with Crippen molar-refractivity contribution in [2.24, 2.45) is 21.7 Å². The highest BCUT2D eigenvalue weighted by Crippen LogP contribution is 2.38. The van der Waals surface area contributed by atoms with Crippen LogP contribution in [0.4, 0.5) is 14.0 Å². The molecule has 6 aromatic rings. The molecule has 132 heavy (non-hydrogen) atoms. The van der Waals surface area contributed by atoms with E-state index in [0.29, 0.717) is 126 Å². The second kappa shape index (κ2) is 53.1. The molecule has 6 amide bonds. The third-order valence-electron chi connectivity index (χ3n) is 22.9. The number of para-hydroxylation sites is 1. The Morgan fingerprint density at radius 2 is 0.742 bits per heavy atom. The molecule has 12 rings (SSSR count). The summed E-state index contributed by atoms with van der Waals surface area (Å²) < 4.78 is 66.7. The molecule has 0 spiro atoms. The lowest BCUT2D eigenvalue weighted by Gasteiger charge is -2.40. The lowest BCUT2D eigenvalue weighted by atomic mass is 9.75. The van der Waals surface area contributed by atoms with Crippen LogP contribution in [0.2, 0.25) is 0 Å². The molecule has 6 aliphatic rings. The Hall–Kier alpha value is -13.3. The molecule has 0 bridgehead atoms. The van der Waals surface area contributed by atoms with E-state index in [1.165, 1.54) is 29.2 Å². The normalized spacial score (nSPS) is 21.1. The number of piperidine rings is 3. The molecule has 6 unspecified atom stereocenters. The summed E-state index contributed by atoms with van der Waals surface area (Å²) in [6.45, 7) is 35.9. The first kappa shape index (κ1) is 106. The molecular formula is C103H127FN6O22. The summed E-state index contributed by atoms with van der Waals surface area (Å²) >= 11 is 0. The number of methoxy groups -OCH3 is 1. The highest BCUT2D eigenvalue weighted by atomic mass is 19.1. The van der Waals surface area contributed by atoms with E-state index >= 15 is 0 Å². The molecule has 0 aromatic heterocycles. The van der Waals surface area contributed by atoms with Gasteiger partial charge in [0.15, 0.2) is 5.60 Å². The van der Waals surface area contributed by atoms with Gasteiger partial charge in [-0.15, -0.1) is 0 Å². The van der Waals surface area contributed by atoms with Crippen LogP contribution in [-0.4, -0.2) is 244 Å². The van der Waals surface area contributed by atoms with Gasteiger partial charge in [0.25, 0.3) is 17.7 Å². The van der Waals surface area contributed by atoms with Crippen molar-refractivity contribution < 1.29 is 109 Å². The Balaban J connectivity index is 0.000000217. The number of amides is 6. The highest BCUT2D eigenvalue weighted by Gasteiger charge is 2.49. The molecule has 6 heterocycles. The van der Waals surface area contributed by atoms with Gasteiger partial charge in [-0.1, -0.05) is 198 Å². The van der Waals surface area contributed by atoms with E-state index in [-0.39, 0.29) is 113 Å². The zero-order valence-corrected chi connectivity index (χ0v) is 76.9. The zero-order chi connectivity index (χ0) is 96.2. The first-order valence-corrected chi connectivity index (χ1v) is 44.2. The van der Waals surface area contributed by atoms with Gasteiger partial charge in [-0.3, -0.25) is 38.4 Å². The fraction of sp³-hybridized carbons (Fsp3) is 0.417. The van der Waals surface area contributed by atoms with Gasteiger partial charge in [-0.05, 0) is 164 Å². The standard InChI is InChI=1S/C19H25NO4.C18H23NO3.2C17H21NO4.C16H18FNO3.C16H19NO4/c1-4-13-24-18(22)19(2)11-5-6-12-20(14-19)17(21)15-7-9-16(23-3)10-8-15;1-3-12-22-17(21)18(13-16-8-5-4-6-9-16)10-7-11-19(14-18)15(2)20;1-3-12-21-15(19)17(2)10-7-11-18(13-17)16(20)22-14-8-5-4-6-9-14;1-3-11-21-15(19)17(2)9-10-18(13-17)16(20)22-12-14-7-5-4-6-8-14;1-2-11-21-15(20)16(17)9-6-10-18(12-16)14(19)13-7-4-3-5-8-13;1-3-10-20-15(19)16(2)12-17(9-11-21-16)14(18)13-7-5-4-6-8-13/h4,7-10H,1,5-6,11-14H2,2-3H3;3-6,8-9H,1,7,10-14H2,2H3;3-6,8-9H,1,7,10-13H2,2H3;3-8H,1,9-13H2,2H3;2-5,7-8H,1,6,9-12H2;3-8H,1,9-12H2,2H3. The summed E-state index contributed by atoms with van der Waals surface area (Å²) in [6, 6.07) is 53.0. The third kappa shape index (κ3) is 32.1. The number of hydrogen-bond acceptors (Lipinski definition) is 22. The first-order chi connectivity index (χ1) is 63.3. The summed E-state index contributed by atoms with van der Waals surface area (Å²) in [7, 11) is 1.59. The minimum Gasteiger partial charge on any atom is -0.497 e. The molecule has 6 saturated heterocycles. The smallest absolute Gasteiger partial charge is 0.415 e. The van der Waals surface area contributed by atoms with E-state index in [1.807, 2.05) is 106 Å². The van der Waals surface area contributed by atoms with Crippen LogP contribution in [0.3, 0.4) is 0 Å². The first-order valence-electron chi connectivity index (χ1n) is 44.2. The van der Waals surface area contributed by atoms with E-state index in [0.717, 1.165) is 49.7 Å². The van der Waals surface area contributed by atoms with Crippen LogP contribution < -0.4 is 9.47 Å². The minimum absolute atomic E-state index is 0.00802. The van der Waals surface area contributed by atoms with Gasteiger partial charge in [-0.25, -0.2) is 23.6 Å². The lowest BCUT2D eigenvalue weighted by Crippen LogP contribution is -2.56. The Kier molecular flexibility index (Phi) is 42.6. The number of halogens is 1. The fourth-order valence-corrected chi connectivity index (χ4v) is 15.5. The number of carbonyl (C=O) groups is 12. The van der Waals surface area contributed by atoms with Crippen molar-refractivity contribution in [1.29, 1.82) is 0 Å². The van der Waals surface area contributed by atoms with E-state index in [2.05, 4.69) is 39.5 Å². The number of nitrogens with zero attached hydrogens (tertiary/aromatic N) is 6. The number of alkyl halides is 1. The molecule has 28 nitrogen and oxygen atoms in total. The van der Waals surface area contributed by atoms with Gasteiger partial charge < -0.3 is 76.8 Å². The Bertz CT molecular complexity index is 4740. The molecule has 6 atom stereocenters. The van der Waals surface area contributed by atoms with E-state index in [4.69, 9.17) is 47.4 Å². The van der Waals surface area contributed by atoms with Crippen LogP contribution in [0.25, 0.3) is 0 Å². The molecule has 6 aromatic carbocycles. The number of morpholine rings is 1. The number of likely N-dealkylation sites (tertiary alicyclic amines) is 5. The molecule has 708 valence electrons. The zero-order valence-electron chi connectivity index (χ0n) is 76.9. The quantitative estimate of drug-likeness (QED) is 0.0263. The number of esters is 6. The van der Waals surface area contributed by atoms with Crippen LogP contribution >= 0.6 is 0 Å². The van der Waals surface area contributed by atoms with Crippen LogP contribution in [0.15, 0.2) is 252 Å². The summed E-state index contributed by atoms with van der Waals surface area (Å²) in [4.78, 5) is 156. The summed E-state index contributed by atoms with van der Waals surface area (Å²) in [5, 5.41) is 0. The van der Waals surface area contributed by atoms with Crippen molar-refractivity contribution in [1.82, 2.24) is 29.4 Å². The van der Waals surface area contributed by atoms with Crippen molar-refractivity contribution in [3.63, 3.8) is 0 Å². The molecule has 29 heteroatoms. The maximum Gasteiger partial charge on any atom is 0.415 e. The van der Waals surface area contributed by atoms with Crippen LogP contribution in [0.5, 0.6) is 11.5 Å². The SMILES string of the molecule is C=CCOC(=O)C1(C)CCCCN(C(=O)c2ccc(OC)cc2)C1.C=CCOC(=O)C1(C)CCCN(C(=O)Oc2ccccc2)C1.C=CCOC(=O)C1(C)CCN(C(=O)OCc2ccccc2)C1.C=CCOC(=O)C1(C)CN(C(=O)c2ccccc2)CCO1.C=CCOC(=O)C1(Cc2ccccc2)CCCN(C(C)=O)C1.C=CCOC(=O)C1(F)CCCN(C(=O)c2ccccc2)C1. The lowest BCUT2D eigenvalue weighted by molar-refractivity contribution is -0.177. The fourth-order valence-electron chi connectivity index (χ4n) is 15.5. The summed E-state index contributed by atoms with van der Waals surface area (Å²) in [6.07, 6.45) is 15.4. The Labute approximate surface area is 774 Å². The maximum absolute atomic E-state index is 14.7. The minimum atomic E-state index is -2.13. The number of ether oxygens (including phenoxy) is 10. The van der Waals surface area contributed by atoms with Gasteiger partial charge >= 0.3 is 48.0 Å². The average molecular weight is 1820 g/mol. The molecular weight excluding hydrogens is 1690 g/mol. The molecule has 0 saturated carbocycles. The van der Waals surface area contributed by atoms with Crippen molar-refractivity contribution in [3.8, 4) is 11.5 Å². The predicted molar refractivity (Wildman–Crippen MR) is 496 cm³/mol. The molecule has 6 aliphatic heterocycles. The van der Waals surface area contributed by atoms with E-state index < -0.39 is 57.1 Å². The van der Waals surface area contributed by atoms with Gasteiger partial charge in [0.05, 0.1) is 48.5 Å². The second-order valence-electron chi connectivity index (χ2n) is 33.7. The second-order valence-corrected chi connectivity index (χ2v) is 33.7. The predicted octanol–water partition coefficient (Wildman–Crippen LogP) is 15.4. The Morgan fingerprint density at radius 1 is 0.356 bits per heavy atom.